The summed E-state index contributed by atoms with van der Waals surface area (Å²) in [6, 6.07) is 4.41. The van der Waals surface area contributed by atoms with Gasteiger partial charge in [0, 0.05) is 12.1 Å². The lowest BCUT2D eigenvalue weighted by molar-refractivity contribution is 0.265. The quantitative estimate of drug-likeness (QED) is 0.522. The molecule has 0 unspecified atom stereocenters. The van der Waals surface area contributed by atoms with E-state index in [4.69, 9.17) is 16.6 Å². The maximum atomic E-state index is 9.40. The topological polar surface area (TPSA) is 92.5 Å². The number of hydrogen-bond donors (Lipinski definition) is 4. The molecule has 0 fully saturated rings. The minimum atomic E-state index is -0.550. The predicted molar refractivity (Wildman–Crippen MR) is 50.0 cm³/mol. The van der Waals surface area contributed by atoms with Gasteiger partial charge in [0.2, 0.25) is 0 Å². The lowest BCUT2D eigenvalue weighted by Gasteiger charge is -2.11. The van der Waals surface area contributed by atoms with Crippen LogP contribution in [0.25, 0.3) is 0 Å². The molecule has 0 saturated carbocycles. The predicted octanol–water partition coefficient (Wildman–Crippen LogP) is -0.157. The van der Waals surface area contributed by atoms with Gasteiger partial charge in [-0.3, -0.25) is 0 Å². The van der Waals surface area contributed by atoms with E-state index in [1.807, 2.05) is 0 Å². The van der Waals surface area contributed by atoms with Gasteiger partial charge in [-0.15, -0.1) is 0 Å². The highest BCUT2D eigenvalue weighted by Crippen LogP contribution is 2.23. The van der Waals surface area contributed by atoms with Crippen LogP contribution in [0.3, 0.4) is 0 Å². The molecule has 1 aromatic rings. The largest absolute Gasteiger partial charge is 0.508 e. The number of aliphatic hydroxyl groups excluding tert-OH is 1. The Morgan fingerprint density at radius 3 is 2.62 bits per heavy atom. The molecule has 4 nitrogen and oxygen atoms in total. The van der Waals surface area contributed by atoms with Crippen LogP contribution in [-0.4, -0.2) is 16.8 Å². The van der Waals surface area contributed by atoms with Gasteiger partial charge in [0.15, 0.2) is 0 Å². The van der Waals surface area contributed by atoms with Gasteiger partial charge in [0.1, 0.15) is 5.75 Å². The second-order valence-electron chi connectivity index (χ2n) is 2.89. The van der Waals surface area contributed by atoms with Crippen molar-refractivity contribution < 1.29 is 10.2 Å². The third-order valence-electron chi connectivity index (χ3n) is 1.92. The Balaban J connectivity index is 3.03. The summed E-state index contributed by atoms with van der Waals surface area (Å²) in [5, 5.41) is 18.2. The summed E-state index contributed by atoms with van der Waals surface area (Å²) < 4.78 is 0. The van der Waals surface area contributed by atoms with Gasteiger partial charge < -0.3 is 21.7 Å². The van der Waals surface area contributed by atoms with Gasteiger partial charge in [-0.25, -0.2) is 0 Å². The van der Waals surface area contributed by atoms with Crippen molar-refractivity contribution in [2.45, 2.75) is 12.6 Å². The molecule has 6 N–H and O–H groups in total. The molecule has 72 valence electrons. The van der Waals surface area contributed by atoms with Crippen molar-refractivity contribution in [3.8, 4) is 5.75 Å². The molecular formula is C9H14N2O2. The summed E-state index contributed by atoms with van der Waals surface area (Å²) >= 11 is 0. The van der Waals surface area contributed by atoms with Crippen LogP contribution in [0, 0.1) is 0 Å². The lowest BCUT2D eigenvalue weighted by Crippen LogP contribution is -2.15. The summed E-state index contributed by atoms with van der Waals surface area (Å²) in [4.78, 5) is 0. The van der Waals surface area contributed by atoms with Crippen molar-refractivity contribution in [3.05, 3.63) is 29.3 Å². The van der Waals surface area contributed by atoms with Crippen LogP contribution in [-0.2, 0) is 6.54 Å². The molecule has 1 rings (SSSR count). The summed E-state index contributed by atoms with van der Waals surface area (Å²) in [6.07, 6.45) is 0. The molecule has 0 bridgehead atoms. The van der Waals surface area contributed by atoms with Gasteiger partial charge >= 0.3 is 0 Å². The van der Waals surface area contributed by atoms with Crippen molar-refractivity contribution in [2.75, 3.05) is 6.61 Å². The first-order valence-corrected chi connectivity index (χ1v) is 4.07. The third kappa shape index (κ3) is 2.18. The van der Waals surface area contributed by atoms with Crippen LogP contribution >= 0.6 is 0 Å². The first kappa shape index (κ1) is 9.98. The first-order chi connectivity index (χ1) is 6.19. The van der Waals surface area contributed by atoms with Gasteiger partial charge in [-0.05, 0) is 17.7 Å². The maximum absolute atomic E-state index is 9.40. The van der Waals surface area contributed by atoms with Crippen molar-refractivity contribution in [1.82, 2.24) is 0 Å². The number of rotatable bonds is 3. The van der Waals surface area contributed by atoms with E-state index >= 15 is 0 Å². The number of aliphatic hydroxyl groups is 1. The normalized spacial score (nSPS) is 12.8. The molecule has 0 saturated heterocycles. The molecule has 0 amide bonds. The van der Waals surface area contributed by atoms with Gasteiger partial charge in [-0.2, -0.15) is 0 Å². The molecule has 4 heteroatoms. The Hall–Kier alpha value is -1.10. The van der Waals surface area contributed by atoms with Crippen LogP contribution < -0.4 is 11.5 Å². The standard InChI is InChI=1S/C9H14N2O2/c10-4-6-1-2-9(13)7(3-6)8(11)5-12/h1-3,8,12-13H,4-5,10-11H2/t8-/m1/s1. The van der Waals surface area contributed by atoms with E-state index in [0.717, 1.165) is 5.56 Å². The Morgan fingerprint density at radius 1 is 1.38 bits per heavy atom. The van der Waals surface area contributed by atoms with Gasteiger partial charge in [-0.1, -0.05) is 6.07 Å². The minimum Gasteiger partial charge on any atom is -0.508 e. The van der Waals surface area contributed by atoms with E-state index in [1.165, 1.54) is 6.07 Å². The number of phenols is 1. The third-order valence-corrected chi connectivity index (χ3v) is 1.92. The van der Waals surface area contributed by atoms with Crippen LogP contribution in [0.5, 0.6) is 5.75 Å². The fourth-order valence-electron chi connectivity index (χ4n) is 1.13. The molecule has 0 radical (unpaired) electrons. The highest BCUT2D eigenvalue weighted by molar-refractivity contribution is 5.38. The van der Waals surface area contributed by atoms with Crippen molar-refractivity contribution in [2.24, 2.45) is 11.5 Å². The molecule has 1 aromatic carbocycles. The van der Waals surface area contributed by atoms with Gasteiger partial charge in [0.25, 0.3) is 0 Å². The number of aromatic hydroxyl groups is 1. The smallest absolute Gasteiger partial charge is 0.120 e. The summed E-state index contributed by atoms with van der Waals surface area (Å²) in [7, 11) is 0. The van der Waals surface area contributed by atoms with Crippen molar-refractivity contribution >= 4 is 0 Å². The molecule has 0 spiro atoms. The SMILES string of the molecule is NCc1ccc(O)c([C@H](N)CO)c1. The Kier molecular flexibility index (Phi) is 3.25. The summed E-state index contributed by atoms with van der Waals surface area (Å²) in [5.74, 6) is 0.0961. The zero-order valence-electron chi connectivity index (χ0n) is 7.27. The number of benzene rings is 1. The molecule has 1 atom stereocenters. The number of nitrogens with two attached hydrogens (primary N) is 2. The Morgan fingerprint density at radius 2 is 2.08 bits per heavy atom. The number of hydrogen-bond acceptors (Lipinski definition) is 4. The Labute approximate surface area is 76.8 Å². The first-order valence-electron chi connectivity index (χ1n) is 4.07. The van der Waals surface area contributed by atoms with Crippen LogP contribution in [0.2, 0.25) is 0 Å². The van der Waals surface area contributed by atoms with Crippen molar-refractivity contribution in [3.63, 3.8) is 0 Å². The minimum absolute atomic E-state index is 0.0961. The highest BCUT2D eigenvalue weighted by atomic mass is 16.3. The van der Waals surface area contributed by atoms with Crippen LogP contribution in [0.15, 0.2) is 18.2 Å². The van der Waals surface area contributed by atoms with E-state index in [1.54, 1.807) is 12.1 Å². The average Bonchev–Trinajstić information content (AvgIpc) is 2.17. The van der Waals surface area contributed by atoms with E-state index in [9.17, 15) is 5.11 Å². The molecular weight excluding hydrogens is 168 g/mol. The fraction of sp³-hybridized carbons (Fsp3) is 0.333. The zero-order valence-corrected chi connectivity index (χ0v) is 7.27. The maximum Gasteiger partial charge on any atom is 0.120 e. The van der Waals surface area contributed by atoms with Crippen molar-refractivity contribution in [1.29, 1.82) is 0 Å². The molecule has 0 aliphatic rings. The summed E-state index contributed by atoms with van der Waals surface area (Å²) in [5.41, 5.74) is 12.4. The zero-order chi connectivity index (χ0) is 9.84. The van der Waals surface area contributed by atoms with Crippen LogP contribution in [0.4, 0.5) is 0 Å². The monoisotopic (exact) mass is 182 g/mol. The van der Waals surface area contributed by atoms with Gasteiger partial charge in [0.05, 0.1) is 12.6 Å². The molecule has 0 aliphatic carbocycles. The van der Waals surface area contributed by atoms with E-state index in [2.05, 4.69) is 0 Å². The van der Waals surface area contributed by atoms with E-state index in [-0.39, 0.29) is 12.4 Å². The highest BCUT2D eigenvalue weighted by Gasteiger charge is 2.09. The molecule has 0 heterocycles. The second kappa shape index (κ2) is 4.23. The van der Waals surface area contributed by atoms with Crippen LogP contribution in [0.1, 0.15) is 17.2 Å². The van der Waals surface area contributed by atoms with E-state index in [0.29, 0.717) is 12.1 Å². The molecule has 13 heavy (non-hydrogen) atoms. The average molecular weight is 182 g/mol. The lowest BCUT2D eigenvalue weighted by atomic mass is 10.0. The number of phenolic OH excluding ortho intramolecular Hbond substituents is 1. The summed E-state index contributed by atoms with van der Waals surface area (Å²) in [6.45, 7) is 0.201. The van der Waals surface area contributed by atoms with E-state index < -0.39 is 6.04 Å². The molecule has 0 aromatic heterocycles. The fourth-order valence-corrected chi connectivity index (χ4v) is 1.13. The Bertz CT molecular complexity index is 289. The molecule has 0 aliphatic heterocycles. The second-order valence-corrected chi connectivity index (χ2v) is 2.89.